The maximum atomic E-state index is 8.91. The summed E-state index contributed by atoms with van der Waals surface area (Å²) in [5, 5.41) is 17.2. The molecule has 0 bridgehead atoms. The molecule has 1 aromatic carbocycles. The molecular formula is C21H26BClN6O2. The molecule has 0 saturated carbocycles. The fourth-order valence-corrected chi connectivity index (χ4v) is 3.42. The zero-order chi connectivity index (χ0) is 22.4. The van der Waals surface area contributed by atoms with Crippen LogP contribution >= 0.6 is 11.6 Å². The van der Waals surface area contributed by atoms with Crippen molar-refractivity contribution in [1.29, 1.82) is 5.26 Å². The number of halogens is 1. The number of rotatable bonds is 10. The SMILES string of the molecule is COc1ccc(CNc2nc(Cl)c(C)c3nc(CCCCB(C)C#N)nn23)c(OC)c1. The number of nitrogens with zero attached hydrogens (tertiary/aromatic N) is 5. The number of aryl methyl sites for hydroxylation is 2. The number of methoxy groups -OCH3 is 2. The summed E-state index contributed by atoms with van der Waals surface area (Å²) in [6.45, 7) is 4.37. The van der Waals surface area contributed by atoms with Gasteiger partial charge in [0.2, 0.25) is 5.95 Å². The lowest BCUT2D eigenvalue weighted by molar-refractivity contribution is 0.391. The standard InChI is InChI=1S/C21H26BClN6O2/c1-14-19(23)27-21(25-12-15-8-9-16(30-3)11-17(15)31-4)29-20(14)26-18(28-29)7-5-6-10-22(2)13-24/h8-9,11H,5-7,10,12H2,1-4H3,(H,25,27). The first-order valence-electron chi connectivity index (χ1n) is 10.2. The van der Waals surface area contributed by atoms with Crippen molar-refractivity contribution < 1.29 is 9.47 Å². The highest BCUT2D eigenvalue weighted by Crippen LogP contribution is 2.26. The molecule has 0 fully saturated rings. The van der Waals surface area contributed by atoms with Crippen LogP contribution in [-0.2, 0) is 13.0 Å². The van der Waals surface area contributed by atoms with E-state index in [4.69, 9.17) is 26.3 Å². The lowest BCUT2D eigenvalue weighted by Gasteiger charge is -2.12. The van der Waals surface area contributed by atoms with Crippen LogP contribution in [0, 0.1) is 18.2 Å². The lowest BCUT2D eigenvalue weighted by atomic mass is 9.51. The zero-order valence-corrected chi connectivity index (χ0v) is 19.0. The average Bonchev–Trinajstić information content (AvgIpc) is 3.22. The number of nitriles is 1. The van der Waals surface area contributed by atoms with E-state index in [-0.39, 0.29) is 6.71 Å². The summed E-state index contributed by atoms with van der Waals surface area (Å²) in [6.07, 6.45) is 3.51. The van der Waals surface area contributed by atoms with Gasteiger partial charge in [-0.25, -0.2) is 15.2 Å². The van der Waals surface area contributed by atoms with Crippen molar-refractivity contribution in [2.75, 3.05) is 19.5 Å². The summed E-state index contributed by atoms with van der Waals surface area (Å²) in [5.41, 5.74) is 2.41. The Kier molecular flexibility index (Phi) is 7.58. The van der Waals surface area contributed by atoms with Crippen LogP contribution in [0.4, 0.5) is 5.95 Å². The third-order valence-corrected chi connectivity index (χ3v) is 5.51. The molecule has 2 heterocycles. The summed E-state index contributed by atoms with van der Waals surface area (Å²) >= 11 is 6.36. The van der Waals surface area contributed by atoms with Crippen molar-refractivity contribution >= 4 is 29.9 Å². The average molecular weight is 441 g/mol. The van der Waals surface area contributed by atoms with Gasteiger partial charge in [-0.05, 0) is 25.5 Å². The third-order valence-electron chi connectivity index (χ3n) is 5.14. The molecule has 0 spiro atoms. The van der Waals surface area contributed by atoms with Gasteiger partial charge in [0.25, 0.3) is 6.71 Å². The Labute approximate surface area is 187 Å². The monoisotopic (exact) mass is 440 g/mol. The van der Waals surface area contributed by atoms with E-state index in [0.29, 0.717) is 29.0 Å². The van der Waals surface area contributed by atoms with Gasteiger partial charge in [0.05, 0.1) is 14.2 Å². The van der Waals surface area contributed by atoms with Crippen LogP contribution in [-0.4, -0.2) is 40.5 Å². The first kappa shape index (κ1) is 22.7. The van der Waals surface area contributed by atoms with Gasteiger partial charge < -0.3 is 14.8 Å². The molecule has 0 aliphatic heterocycles. The van der Waals surface area contributed by atoms with Gasteiger partial charge in [-0.1, -0.05) is 31.2 Å². The van der Waals surface area contributed by atoms with Gasteiger partial charge in [-0.3, -0.25) is 0 Å². The van der Waals surface area contributed by atoms with Gasteiger partial charge in [0.15, 0.2) is 11.5 Å². The van der Waals surface area contributed by atoms with E-state index >= 15 is 0 Å². The quantitative estimate of drug-likeness (QED) is 0.286. The molecule has 8 nitrogen and oxygen atoms in total. The van der Waals surface area contributed by atoms with Crippen LogP contribution in [0.3, 0.4) is 0 Å². The highest BCUT2D eigenvalue weighted by atomic mass is 35.5. The van der Waals surface area contributed by atoms with Gasteiger partial charge >= 0.3 is 0 Å². The topological polar surface area (TPSA) is 97.4 Å². The molecular weight excluding hydrogens is 415 g/mol. The zero-order valence-electron chi connectivity index (χ0n) is 18.3. The van der Waals surface area contributed by atoms with E-state index in [1.165, 1.54) is 0 Å². The fraction of sp³-hybridized carbons (Fsp3) is 0.429. The summed E-state index contributed by atoms with van der Waals surface area (Å²) < 4.78 is 12.4. The number of hydrogen-bond donors (Lipinski definition) is 1. The van der Waals surface area contributed by atoms with Crippen molar-refractivity contribution in [3.8, 4) is 17.5 Å². The number of hydrogen-bond acceptors (Lipinski definition) is 7. The molecule has 0 unspecified atom stereocenters. The van der Waals surface area contributed by atoms with E-state index in [1.54, 1.807) is 18.7 Å². The van der Waals surface area contributed by atoms with Crippen molar-refractivity contribution in [3.05, 3.63) is 40.3 Å². The van der Waals surface area contributed by atoms with Crippen molar-refractivity contribution in [1.82, 2.24) is 19.6 Å². The largest absolute Gasteiger partial charge is 0.497 e. The number of nitrogens with one attached hydrogen (secondary N) is 1. The number of ether oxygens (including phenoxy) is 2. The Morgan fingerprint density at radius 1 is 1.23 bits per heavy atom. The summed E-state index contributed by atoms with van der Waals surface area (Å²) in [6, 6.07) is 5.65. The minimum Gasteiger partial charge on any atom is -0.497 e. The van der Waals surface area contributed by atoms with Gasteiger partial charge in [0, 0.05) is 36.1 Å². The molecule has 3 rings (SSSR count). The molecule has 0 saturated heterocycles. The molecule has 0 radical (unpaired) electrons. The van der Waals surface area contributed by atoms with Crippen molar-refractivity contribution in [2.45, 2.75) is 45.9 Å². The van der Waals surface area contributed by atoms with Gasteiger partial charge in [-0.15, -0.1) is 5.10 Å². The Bertz CT molecular complexity index is 1100. The minimum absolute atomic E-state index is 0.0741. The van der Waals surface area contributed by atoms with Crippen molar-refractivity contribution in [3.63, 3.8) is 0 Å². The summed E-state index contributed by atoms with van der Waals surface area (Å²) in [7, 11) is 3.24. The maximum absolute atomic E-state index is 8.91. The number of anilines is 1. The van der Waals surface area contributed by atoms with Crippen molar-refractivity contribution in [2.24, 2.45) is 0 Å². The molecule has 3 aromatic rings. The van der Waals surface area contributed by atoms with Crippen LogP contribution in [0.15, 0.2) is 18.2 Å². The smallest absolute Gasteiger partial charge is 0.264 e. The molecule has 1 N–H and O–H groups in total. The summed E-state index contributed by atoms with van der Waals surface area (Å²) in [5.74, 6) is 4.96. The highest BCUT2D eigenvalue weighted by molar-refractivity contribution is 6.65. The normalized spacial score (nSPS) is 10.7. The van der Waals surface area contributed by atoms with Gasteiger partial charge in [0.1, 0.15) is 16.7 Å². The van der Waals surface area contributed by atoms with Gasteiger partial charge in [-0.2, -0.15) is 4.52 Å². The van der Waals surface area contributed by atoms with E-state index in [0.717, 1.165) is 48.3 Å². The van der Waals surface area contributed by atoms with Crippen LogP contribution in [0.25, 0.3) is 5.65 Å². The van der Waals surface area contributed by atoms with E-state index in [1.807, 2.05) is 31.9 Å². The van der Waals surface area contributed by atoms with E-state index in [9.17, 15) is 0 Å². The predicted molar refractivity (Wildman–Crippen MR) is 122 cm³/mol. The summed E-state index contributed by atoms with van der Waals surface area (Å²) in [4.78, 5) is 9.13. The molecule has 2 aromatic heterocycles. The molecule has 162 valence electrons. The van der Waals surface area contributed by atoms with Crippen LogP contribution in [0.5, 0.6) is 11.5 Å². The third kappa shape index (κ3) is 5.39. The molecule has 0 aliphatic carbocycles. The molecule has 0 amide bonds. The number of unbranched alkanes of at least 4 members (excludes halogenated alkanes) is 1. The Morgan fingerprint density at radius 2 is 2.03 bits per heavy atom. The maximum Gasteiger partial charge on any atom is 0.264 e. The molecule has 0 aliphatic rings. The highest BCUT2D eigenvalue weighted by Gasteiger charge is 2.15. The number of fused-ring (bicyclic) bond motifs is 1. The minimum atomic E-state index is 0.0741. The van der Waals surface area contributed by atoms with E-state index in [2.05, 4.69) is 26.4 Å². The Balaban J connectivity index is 1.78. The van der Waals surface area contributed by atoms with E-state index < -0.39 is 0 Å². The molecule has 10 heteroatoms. The first-order valence-corrected chi connectivity index (χ1v) is 10.6. The lowest BCUT2D eigenvalue weighted by Crippen LogP contribution is -2.10. The second kappa shape index (κ2) is 10.4. The Morgan fingerprint density at radius 3 is 2.74 bits per heavy atom. The second-order valence-corrected chi connectivity index (χ2v) is 7.78. The van der Waals surface area contributed by atoms with Crippen LogP contribution in [0.1, 0.15) is 29.8 Å². The molecule has 0 atom stereocenters. The number of aromatic nitrogens is 4. The fourth-order valence-electron chi connectivity index (χ4n) is 3.25. The van der Waals surface area contributed by atoms with Crippen LogP contribution < -0.4 is 14.8 Å². The Hall–Kier alpha value is -2.99. The first-order chi connectivity index (χ1) is 15.0. The second-order valence-electron chi connectivity index (χ2n) is 7.42. The number of benzene rings is 1. The predicted octanol–water partition coefficient (Wildman–Crippen LogP) is 4.23. The van der Waals surface area contributed by atoms with Crippen LogP contribution in [0.2, 0.25) is 18.3 Å². The molecule has 31 heavy (non-hydrogen) atoms.